The van der Waals surface area contributed by atoms with Crippen LogP contribution in [0.1, 0.15) is 18.4 Å². The van der Waals surface area contributed by atoms with Crippen LogP contribution in [0, 0.1) is 11.3 Å². The molecular weight excluding hydrogens is 252 g/mol. The third-order valence-electron chi connectivity index (χ3n) is 2.22. The van der Waals surface area contributed by atoms with Crippen molar-refractivity contribution in [1.82, 2.24) is 19.7 Å². The molecule has 2 heterocycles. The maximum absolute atomic E-state index is 8.65. The van der Waals surface area contributed by atoms with E-state index in [0.717, 1.165) is 12.4 Å². The molecule has 0 saturated heterocycles. The fourth-order valence-corrected chi connectivity index (χ4v) is 1.62. The minimum Gasteiger partial charge on any atom is -0.370 e. The lowest BCUT2D eigenvalue weighted by Crippen LogP contribution is -2.06. The molecular formula is C11H11ClN6. The number of hydrogen-bond donors (Lipinski definition) is 1. The van der Waals surface area contributed by atoms with Crippen LogP contribution in [-0.4, -0.2) is 26.3 Å². The predicted octanol–water partition coefficient (Wildman–Crippen LogP) is 1.68. The fourth-order valence-electron chi connectivity index (χ4n) is 1.45. The summed E-state index contributed by atoms with van der Waals surface area (Å²) in [6.45, 7) is 3.16. The van der Waals surface area contributed by atoms with Crippen molar-refractivity contribution in [3.05, 3.63) is 35.0 Å². The van der Waals surface area contributed by atoms with Gasteiger partial charge in [-0.2, -0.15) is 5.26 Å². The summed E-state index contributed by atoms with van der Waals surface area (Å²) in [7, 11) is 0. The Morgan fingerprint density at radius 3 is 3.00 bits per heavy atom. The van der Waals surface area contributed by atoms with E-state index in [0.29, 0.717) is 17.3 Å². The first-order valence-electron chi connectivity index (χ1n) is 5.41. The lowest BCUT2D eigenvalue weighted by atomic mass is 10.3. The Morgan fingerprint density at radius 2 is 2.33 bits per heavy atom. The van der Waals surface area contributed by atoms with Crippen molar-refractivity contribution < 1.29 is 0 Å². The van der Waals surface area contributed by atoms with Crippen LogP contribution >= 0.6 is 11.6 Å². The summed E-state index contributed by atoms with van der Waals surface area (Å²) < 4.78 is 1.53. The molecule has 0 atom stereocenters. The molecule has 18 heavy (non-hydrogen) atoms. The van der Waals surface area contributed by atoms with Gasteiger partial charge in [-0.05, 0) is 19.1 Å². The minimum absolute atomic E-state index is 0.133. The first-order valence-corrected chi connectivity index (χ1v) is 5.79. The van der Waals surface area contributed by atoms with Crippen LogP contribution in [0.4, 0.5) is 5.82 Å². The molecule has 0 radical (unpaired) electrons. The molecule has 0 bridgehead atoms. The van der Waals surface area contributed by atoms with Gasteiger partial charge in [0.05, 0.1) is 17.3 Å². The van der Waals surface area contributed by atoms with Crippen LogP contribution in [0.2, 0.25) is 5.02 Å². The SMILES string of the molecule is CCNc1ccc(Cl)c(Cn2cnc(C#N)n2)n1. The van der Waals surface area contributed by atoms with E-state index < -0.39 is 0 Å². The molecule has 0 saturated carbocycles. The Balaban J connectivity index is 2.22. The number of nitrogens with zero attached hydrogens (tertiary/aromatic N) is 5. The summed E-state index contributed by atoms with van der Waals surface area (Å²) in [5.41, 5.74) is 0.685. The fraction of sp³-hybridized carbons (Fsp3) is 0.273. The standard InChI is InChI=1S/C11H11ClN6/c1-2-14-10-4-3-8(12)9(16-10)6-18-7-15-11(5-13)17-18/h3-4,7H,2,6H2,1H3,(H,14,16). The molecule has 0 unspecified atom stereocenters. The highest BCUT2D eigenvalue weighted by molar-refractivity contribution is 6.31. The highest BCUT2D eigenvalue weighted by atomic mass is 35.5. The normalized spacial score (nSPS) is 10.1. The van der Waals surface area contributed by atoms with Gasteiger partial charge in [-0.15, -0.1) is 5.10 Å². The molecule has 6 nitrogen and oxygen atoms in total. The Labute approximate surface area is 109 Å². The zero-order valence-corrected chi connectivity index (χ0v) is 10.5. The van der Waals surface area contributed by atoms with Crippen LogP contribution in [0.3, 0.4) is 0 Å². The number of rotatable bonds is 4. The summed E-state index contributed by atoms with van der Waals surface area (Å²) in [6.07, 6.45) is 1.48. The number of pyridine rings is 1. The van der Waals surface area contributed by atoms with Crippen molar-refractivity contribution in [2.45, 2.75) is 13.5 Å². The van der Waals surface area contributed by atoms with Gasteiger partial charge in [-0.3, -0.25) is 0 Å². The maximum atomic E-state index is 8.65. The van der Waals surface area contributed by atoms with Gasteiger partial charge < -0.3 is 5.32 Å². The van der Waals surface area contributed by atoms with Crippen LogP contribution in [0.5, 0.6) is 0 Å². The summed E-state index contributed by atoms with van der Waals surface area (Å²) in [4.78, 5) is 8.20. The second-order valence-electron chi connectivity index (χ2n) is 3.53. The van der Waals surface area contributed by atoms with Crippen LogP contribution in [0.15, 0.2) is 18.5 Å². The van der Waals surface area contributed by atoms with Crippen molar-refractivity contribution in [1.29, 1.82) is 5.26 Å². The summed E-state index contributed by atoms with van der Waals surface area (Å²) in [6, 6.07) is 5.47. The quantitative estimate of drug-likeness (QED) is 0.907. The number of aromatic nitrogens is 4. The maximum Gasteiger partial charge on any atom is 0.252 e. The molecule has 0 fully saturated rings. The lowest BCUT2D eigenvalue weighted by molar-refractivity contribution is 0.669. The number of anilines is 1. The van der Waals surface area contributed by atoms with Crippen LogP contribution in [-0.2, 0) is 6.54 Å². The molecule has 92 valence electrons. The summed E-state index contributed by atoms with van der Waals surface area (Å²) >= 11 is 6.07. The predicted molar refractivity (Wildman–Crippen MR) is 67.2 cm³/mol. The first-order chi connectivity index (χ1) is 8.72. The van der Waals surface area contributed by atoms with Crippen molar-refractivity contribution in [3.8, 4) is 6.07 Å². The molecule has 0 aromatic carbocycles. The molecule has 0 aliphatic carbocycles. The number of nitrogens with one attached hydrogen (secondary N) is 1. The number of hydrogen-bond acceptors (Lipinski definition) is 5. The zero-order valence-electron chi connectivity index (χ0n) is 9.76. The van der Waals surface area contributed by atoms with E-state index in [1.807, 2.05) is 19.1 Å². The van der Waals surface area contributed by atoms with Gasteiger partial charge in [-0.1, -0.05) is 11.6 Å². The largest absolute Gasteiger partial charge is 0.370 e. The van der Waals surface area contributed by atoms with Crippen molar-refractivity contribution in [2.24, 2.45) is 0 Å². The van der Waals surface area contributed by atoms with Gasteiger partial charge in [0.2, 0.25) is 0 Å². The molecule has 0 spiro atoms. The monoisotopic (exact) mass is 262 g/mol. The minimum atomic E-state index is 0.133. The second kappa shape index (κ2) is 5.47. The Morgan fingerprint density at radius 1 is 1.50 bits per heavy atom. The van der Waals surface area contributed by atoms with Gasteiger partial charge >= 0.3 is 0 Å². The summed E-state index contributed by atoms with van der Waals surface area (Å²) in [5, 5.41) is 16.3. The van der Waals surface area contributed by atoms with Crippen molar-refractivity contribution in [3.63, 3.8) is 0 Å². The van der Waals surface area contributed by atoms with Gasteiger partial charge in [0, 0.05) is 6.54 Å². The Hall–Kier alpha value is -2.13. The molecule has 7 heteroatoms. The van der Waals surface area contributed by atoms with E-state index in [1.165, 1.54) is 11.0 Å². The molecule has 2 aromatic heterocycles. The molecule has 0 aliphatic heterocycles. The van der Waals surface area contributed by atoms with Crippen LogP contribution < -0.4 is 5.32 Å². The highest BCUT2D eigenvalue weighted by Gasteiger charge is 2.06. The van der Waals surface area contributed by atoms with Gasteiger partial charge in [0.15, 0.2) is 0 Å². The van der Waals surface area contributed by atoms with E-state index in [9.17, 15) is 0 Å². The van der Waals surface area contributed by atoms with E-state index in [2.05, 4.69) is 20.4 Å². The molecule has 0 aliphatic rings. The zero-order chi connectivity index (χ0) is 13.0. The summed E-state index contributed by atoms with van der Waals surface area (Å²) in [5.74, 6) is 0.895. The third kappa shape index (κ3) is 2.76. The first kappa shape index (κ1) is 12.3. The van der Waals surface area contributed by atoms with E-state index in [-0.39, 0.29) is 5.82 Å². The lowest BCUT2D eigenvalue weighted by Gasteiger charge is -2.07. The van der Waals surface area contributed by atoms with Gasteiger partial charge in [0.25, 0.3) is 5.82 Å². The van der Waals surface area contributed by atoms with Gasteiger partial charge in [0.1, 0.15) is 18.2 Å². The molecule has 2 rings (SSSR count). The topological polar surface area (TPSA) is 79.4 Å². The molecule has 2 aromatic rings. The third-order valence-corrected chi connectivity index (χ3v) is 2.57. The van der Waals surface area contributed by atoms with E-state index in [1.54, 1.807) is 6.07 Å². The average Bonchev–Trinajstić information content (AvgIpc) is 2.81. The van der Waals surface area contributed by atoms with Crippen molar-refractivity contribution >= 4 is 17.4 Å². The van der Waals surface area contributed by atoms with Crippen molar-refractivity contribution in [2.75, 3.05) is 11.9 Å². The van der Waals surface area contributed by atoms with Crippen LogP contribution in [0.25, 0.3) is 0 Å². The van der Waals surface area contributed by atoms with E-state index >= 15 is 0 Å². The van der Waals surface area contributed by atoms with Gasteiger partial charge in [-0.25, -0.2) is 14.6 Å². The molecule has 1 N–H and O–H groups in total. The highest BCUT2D eigenvalue weighted by Crippen LogP contribution is 2.17. The Kier molecular flexibility index (Phi) is 3.75. The molecule has 0 amide bonds. The second-order valence-corrected chi connectivity index (χ2v) is 3.94. The number of halogens is 1. The average molecular weight is 263 g/mol. The smallest absolute Gasteiger partial charge is 0.252 e. The Bertz CT molecular complexity index is 585. The number of nitriles is 1. The van der Waals surface area contributed by atoms with E-state index in [4.69, 9.17) is 16.9 Å².